The summed E-state index contributed by atoms with van der Waals surface area (Å²) in [5, 5.41) is 3.02. The summed E-state index contributed by atoms with van der Waals surface area (Å²) in [6.45, 7) is 2.42. The van der Waals surface area contributed by atoms with Crippen molar-refractivity contribution >= 4 is 11.7 Å². The van der Waals surface area contributed by atoms with Crippen LogP contribution in [0.3, 0.4) is 0 Å². The molecule has 2 heterocycles. The molecule has 5 heteroatoms. The Labute approximate surface area is 94.9 Å². The third-order valence-corrected chi connectivity index (χ3v) is 2.94. The summed E-state index contributed by atoms with van der Waals surface area (Å²) < 4.78 is 0. The van der Waals surface area contributed by atoms with E-state index in [0.29, 0.717) is 0 Å². The summed E-state index contributed by atoms with van der Waals surface area (Å²) >= 11 is 0. The Morgan fingerprint density at radius 3 is 2.94 bits per heavy atom. The van der Waals surface area contributed by atoms with Crippen molar-refractivity contribution in [2.24, 2.45) is 0 Å². The number of nitrogens with zero attached hydrogens (tertiary/aromatic N) is 3. The minimum absolute atomic E-state index is 0.0775. The molecule has 1 aliphatic heterocycles. The van der Waals surface area contributed by atoms with Crippen molar-refractivity contribution in [2.45, 2.75) is 25.8 Å². The van der Waals surface area contributed by atoms with E-state index >= 15 is 0 Å². The Morgan fingerprint density at radius 2 is 2.25 bits per heavy atom. The summed E-state index contributed by atoms with van der Waals surface area (Å²) in [7, 11) is 1.82. The van der Waals surface area contributed by atoms with Gasteiger partial charge in [-0.3, -0.25) is 9.78 Å². The smallest absolute Gasteiger partial charge is 0.220 e. The summed E-state index contributed by atoms with van der Waals surface area (Å²) in [5.41, 5.74) is 0.873. The summed E-state index contributed by atoms with van der Waals surface area (Å²) in [5.74, 6) is 0.871. The highest BCUT2D eigenvalue weighted by molar-refractivity contribution is 5.74. The molecule has 0 aliphatic carbocycles. The fourth-order valence-corrected chi connectivity index (χ4v) is 2.21. The molecule has 1 unspecified atom stereocenters. The number of hydrogen-bond donors (Lipinski definition) is 1. The van der Waals surface area contributed by atoms with E-state index in [4.69, 9.17) is 0 Å². The van der Waals surface area contributed by atoms with Crippen LogP contribution in [-0.2, 0) is 4.79 Å². The Balaban J connectivity index is 2.32. The molecule has 0 saturated carbocycles. The first-order chi connectivity index (χ1) is 7.74. The van der Waals surface area contributed by atoms with Crippen LogP contribution < -0.4 is 5.32 Å². The summed E-state index contributed by atoms with van der Waals surface area (Å²) in [6, 6.07) is 0.0775. The van der Waals surface area contributed by atoms with Gasteiger partial charge in [0.1, 0.15) is 11.5 Å². The lowest BCUT2D eigenvalue weighted by Crippen LogP contribution is -2.29. The molecule has 16 heavy (non-hydrogen) atoms. The van der Waals surface area contributed by atoms with Crippen LogP contribution >= 0.6 is 0 Å². The molecule has 0 radical (unpaired) electrons. The van der Waals surface area contributed by atoms with Crippen molar-refractivity contribution in [1.29, 1.82) is 0 Å². The van der Waals surface area contributed by atoms with Crippen molar-refractivity contribution in [3.8, 4) is 0 Å². The third-order valence-electron chi connectivity index (χ3n) is 2.94. The second-order valence-electron chi connectivity index (χ2n) is 3.91. The normalized spacial score (nSPS) is 19.9. The van der Waals surface area contributed by atoms with Crippen molar-refractivity contribution in [1.82, 2.24) is 14.9 Å². The Hall–Kier alpha value is -1.65. The molecule has 1 saturated heterocycles. The number of likely N-dealkylation sites (tertiary alicyclic amines) is 1. The minimum Gasteiger partial charge on any atom is -0.372 e. The third kappa shape index (κ3) is 1.85. The number of anilines is 1. The molecule has 1 aliphatic rings. The SMILES string of the molecule is CNc1nccnc1C1CCCN1C(C)=O. The van der Waals surface area contributed by atoms with Crippen LogP contribution in [0.15, 0.2) is 12.4 Å². The lowest BCUT2D eigenvalue weighted by atomic mass is 10.1. The molecule has 1 fully saturated rings. The second-order valence-corrected chi connectivity index (χ2v) is 3.91. The zero-order valence-electron chi connectivity index (χ0n) is 9.60. The van der Waals surface area contributed by atoms with Crippen LogP contribution in [0.4, 0.5) is 5.82 Å². The second kappa shape index (κ2) is 4.47. The van der Waals surface area contributed by atoms with E-state index in [0.717, 1.165) is 30.9 Å². The molecule has 0 spiro atoms. The standard InChI is InChI=1S/C11H16N4O/c1-8(16)15-7-3-4-9(15)10-11(12-2)14-6-5-13-10/h5-6,9H,3-4,7H2,1-2H3,(H,12,14). The van der Waals surface area contributed by atoms with Gasteiger partial charge in [-0.1, -0.05) is 0 Å². The van der Waals surface area contributed by atoms with Gasteiger partial charge in [-0.05, 0) is 12.8 Å². The number of carbonyl (C=O) groups excluding carboxylic acids is 1. The van der Waals surface area contributed by atoms with E-state index in [9.17, 15) is 4.79 Å². The van der Waals surface area contributed by atoms with Gasteiger partial charge in [0, 0.05) is 32.9 Å². The first kappa shape index (κ1) is 10.9. The molecule has 0 aromatic carbocycles. The molecule has 1 atom stereocenters. The number of rotatable bonds is 2. The largest absolute Gasteiger partial charge is 0.372 e. The fourth-order valence-electron chi connectivity index (χ4n) is 2.21. The van der Waals surface area contributed by atoms with Gasteiger partial charge in [0.2, 0.25) is 5.91 Å². The predicted molar refractivity (Wildman–Crippen MR) is 60.9 cm³/mol. The van der Waals surface area contributed by atoms with Crippen LogP contribution in [-0.4, -0.2) is 34.4 Å². The van der Waals surface area contributed by atoms with Gasteiger partial charge in [0.05, 0.1) is 6.04 Å². The van der Waals surface area contributed by atoms with Crippen LogP contribution in [0.2, 0.25) is 0 Å². The van der Waals surface area contributed by atoms with E-state index in [1.54, 1.807) is 19.3 Å². The van der Waals surface area contributed by atoms with Crippen molar-refractivity contribution in [3.63, 3.8) is 0 Å². The summed E-state index contributed by atoms with van der Waals surface area (Å²) in [4.78, 5) is 21.9. The Bertz CT molecular complexity index is 393. The highest BCUT2D eigenvalue weighted by Gasteiger charge is 2.30. The predicted octanol–water partition coefficient (Wildman–Crippen LogP) is 1.20. The van der Waals surface area contributed by atoms with Crippen LogP contribution in [0.5, 0.6) is 0 Å². The van der Waals surface area contributed by atoms with E-state index < -0.39 is 0 Å². The molecule has 5 nitrogen and oxygen atoms in total. The maximum Gasteiger partial charge on any atom is 0.220 e. The van der Waals surface area contributed by atoms with Gasteiger partial charge in [-0.2, -0.15) is 0 Å². The van der Waals surface area contributed by atoms with Gasteiger partial charge < -0.3 is 10.2 Å². The number of nitrogens with one attached hydrogen (secondary N) is 1. The highest BCUT2D eigenvalue weighted by atomic mass is 16.2. The Morgan fingerprint density at radius 1 is 1.50 bits per heavy atom. The molecule has 1 N–H and O–H groups in total. The van der Waals surface area contributed by atoms with Crippen LogP contribution in [0, 0.1) is 0 Å². The topological polar surface area (TPSA) is 58.1 Å². The maximum atomic E-state index is 11.5. The Kier molecular flexibility index (Phi) is 3.03. The quantitative estimate of drug-likeness (QED) is 0.813. The maximum absolute atomic E-state index is 11.5. The van der Waals surface area contributed by atoms with Gasteiger partial charge in [0.25, 0.3) is 0 Å². The average Bonchev–Trinajstić information content (AvgIpc) is 2.77. The van der Waals surface area contributed by atoms with Gasteiger partial charge in [-0.25, -0.2) is 4.98 Å². The van der Waals surface area contributed by atoms with Gasteiger partial charge in [0.15, 0.2) is 0 Å². The van der Waals surface area contributed by atoms with E-state index in [-0.39, 0.29) is 11.9 Å². The van der Waals surface area contributed by atoms with Crippen LogP contribution in [0.25, 0.3) is 0 Å². The fraction of sp³-hybridized carbons (Fsp3) is 0.545. The highest BCUT2D eigenvalue weighted by Crippen LogP contribution is 2.33. The monoisotopic (exact) mass is 220 g/mol. The number of hydrogen-bond acceptors (Lipinski definition) is 4. The lowest BCUT2D eigenvalue weighted by molar-refractivity contribution is -0.129. The molecule has 86 valence electrons. The molecule has 0 bridgehead atoms. The van der Waals surface area contributed by atoms with E-state index in [2.05, 4.69) is 15.3 Å². The van der Waals surface area contributed by atoms with Crippen molar-refractivity contribution in [3.05, 3.63) is 18.1 Å². The summed E-state index contributed by atoms with van der Waals surface area (Å²) in [6.07, 6.45) is 5.33. The molecule has 1 aromatic heterocycles. The number of aromatic nitrogens is 2. The average molecular weight is 220 g/mol. The number of amides is 1. The first-order valence-corrected chi connectivity index (χ1v) is 5.50. The van der Waals surface area contributed by atoms with E-state index in [1.807, 2.05) is 11.9 Å². The lowest BCUT2D eigenvalue weighted by Gasteiger charge is -2.23. The van der Waals surface area contributed by atoms with E-state index in [1.165, 1.54) is 0 Å². The first-order valence-electron chi connectivity index (χ1n) is 5.50. The molecular formula is C11H16N4O. The van der Waals surface area contributed by atoms with Crippen molar-refractivity contribution in [2.75, 3.05) is 18.9 Å². The zero-order valence-corrected chi connectivity index (χ0v) is 9.60. The molecule has 1 aromatic rings. The van der Waals surface area contributed by atoms with Crippen molar-refractivity contribution < 1.29 is 4.79 Å². The minimum atomic E-state index is 0.0775. The van der Waals surface area contributed by atoms with Gasteiger partial charge >= 0.3 is 0 Å². The molecule has 2 rings (SSSR count). The van der Waals surface area contributed by atoms with Crippen LogP contribution in [0.1, 0.15) is 31.5 Å². The zero-order chi connectivity index (χ0) is 11.5. The molecule has 1 amide bonds. The number of carbonyl (C=O) groups is 1. The molecular weight excluding hydrogens is 204 g/mol. The van der Waals surface area contributed by atoms with Gasteiger partial charge in [-0.15, -0.1) is 0 Å².